The molecule has 0 atom stereocenters. The zero-order chi connectivity index (χ0) is 23.4. The Morgan fingerprint density at radius 1 is 0.879 bits per heavy atom. The van der Waals surface area contributed by atoms with Gasteiger partial charge in [0.2, 0.25) is 10.0 Å². The van der Waals surface area contributed by atoms with E-state index in [1.165, 1.54) is 29.2 Å². The van der Waals surface area contributed by atoms with Gasteiger partial charge in [0.15, 0.2) is 0 Å². The van der Waals surface area contributed by atoms with Crippen molar-refractivity contribution in [3.63, 3.8) is 0 Å². The molecule has 1 N–H and O–H groups in total. The van der Waals surface area contributed by atoms with Crippen LogP contribution in [0, 0.1) is 5.82 Å². The molecular formula is C25H20ClFN2O3S. The first kappa shape index (κ1) is 22.9. The summed E-state index contributed by atoms with van der Waals surface area (Å²) < 4.78 is 41.6. The van der Waals surface area contributed by atoms with Crippen molar-refractivity contribution in [1.29, 1.82) is 0 Å². The molecule has 0 aliphatic heterocycles. The predicted molar refractivity (Wildman–Crippen MR) is 129 cm³/mol. The standard InChI is InChI=1S/C25H20ClFN2O3S/c26-21-8-5-19(6-9-21)25(30)29(23-12-10-22(27)11-13-23)16-15-28-33(31,32)24-14-7-18-3-1-2-4-20(18)17-24/h1-14,17,28H,15-16H2. The highest BCUT2D eigenvalue weighted by atomic mass is 35.5. The molecule has 168 valence electrons. The molecule has 0 saturated heterocycles. The number of amides is 1. The van der Waals surface area contributed by atoms with E-state index in [0.717, 1.165) is 10.8 Å². The number of benzene rings is 4. The van der Waals surface area contributed by atoms with E-state index < -0.39 is 15.8 Å². The summed E-state index contributed by atoms with van der Waals surface area (Å²) in [7, 11) is -3.80. The summed E-state index contributed by atoms with van der Waals surface area (Å²) in [5.41, 5.74) is 0.822. The molecule has 33 heavy (non-hydrogen) atoms. The summed E-state index contributed by atoms with van der Waals surface area (Å²) in [5.74, 6) is -0.794. The van der Waals surface area contributed by atoms with E-state index in [2.05, 4.69) is 4.72 Å². The van der Waals surface area contributed by atoms with E-state index in [9.17, 15) is 17.6 Å². The van der Waals surface area contributed by atoms with Crippen LogP contribution in [-0.4, -0.2) is 27.4 Å². The highest BCUT2D eigenvalue weighted by Crippen LogP contribution is 2.21. The third kappa shape index (κ3) is 5.39. The van der Waals surface area contributed by atoms with Crippen LogP contribution in [0.15, 0.2) is 95.9 Å². The summed E-state index contributed by atoms with van der Waals surface area (Å²) >= 11 is 5.92. The Bertz CT molecular complexity index is 1390. The van der Waals surface area contributed by atoms with Gasteiger partial charge in [-0.25, -0.2) is 17.5 Å². The van der Waals surface area contributed by atoms with Gasteiger partial charge in [-0.15, -0.1) is 0 Å². The first-order valence-electron chi connectivity index (χ1n) is 10.1. The molecule has 0 spiro atoms. The second-order valence-electron chi connectivity index (χ2n) is 7.35. The van der Waals surface area contributed by atoms with Crippen molar-refractivity contribution in [3.05, 3.63) is 107 Å². The minimum absolute atomic E-state index is 0.0358. The summed E-state index contributed by atoms with van der Waals surface area (Å²) in [4.78, 5) is 14.7. The quantitative estimate of drug-likeness (QED) is 0.391. The van der Waals surface area contributed by atoms with Gasteiger partial charge in [-0.1, -0.05) is 41.9 Å². The van der Waals surface area contributed by atoms with Crippen molar-refractivity contribution in [2.45, 2.75) is 4.90 Å². The number of nitrogens with one attached hydrogen (secondary N) is 1. The topological polar surface area (TPSA) is 66.5 Å². The zero-order valence-electron chi connectivity index (χ0n) is 17.4. The van der Waals surface area contributed by atoms with Crippen LogP contribution in [0.1, 0.15) is 10.4 Å². The molecule has 0 aliphatic rings. The van der Waals surface area contributed by atoms with E-state index in [1.54, 1.807) is 42.5 Å². The summed E-state index contributed by atoms with van der Waals surface area (Å²) in [6.07, 6.45) is 0. The Hall–Kier alpha value is -3.26. The number of hydrogen-bond acceptors (Lipinski definition) is 3. The number of anilines is 1. The molecule has 5 nitrogen and oxygen atoms in total. The van der Waals surface area contributed by atoms with Gasteiger partial charge in [0.25, 0.3) is 5.91 Å². The Morgan fingerprint density at radius 2 is 1.55 bits per heavy atom. The van der Waals surface area contributed by atoms with E-state index in [1.807, 2.05) is 24.3 Å². The van der Waals surface area contributed by atoms with Crippen molar-refractivity contribution in [2.24, 2.45) is 0 Å². The van der Waals surface area contributed by atoms with Crippen molar-refractivity contribution in [3.8, 4) is 0 Å². The maximum absolute atomic E-state index is 13.4. The second kappa shape index (κ2) is 9.70. The van der Waals surface area contributed by atoms with Crippen LogP contribution in [-0.2, 0) is 10.0 Å². The maximum Gasteiger partial charge on any atom is 0.258 e. The van der Waals surface area contributed by atoms with Crippen LogP contribution in [0.4, 0.5) is 10.1 Å². The van der Waals surface area contributed by atoms with Crippen LogP contribution in [0.25, 0.3) is 10.8 Å². The SMILES string of the molecule is O=C(c1ccc(Cl)cc1)N(CCNS(=O)(=O)c1ccc2ccccc2c1)c1ccc(F)cc1. The van der Waals surface area contributed by atoms with E-state index >= 15 is 0 Å². The molecule has 0 bridgehead atoms. The van der Waals surface area contributed by atoms with Crippen LogP contribution in [0.5, 0.6) is 0 Å². The minimum atomic E-state index is -3.80. The molecule has 0 fully saturated rings. The minimum Gasteiger partial charge on any atom is -0.307 e. The molecule has 0 saturated carbocycles. The molecule has 0 aliphatic carbocycles. The van der Waals surface area contributed by atoms with Crippen molar-refractivity contribution < 1.29 is 17.6 Å². The molecule has 4 rings (SSSR count). The number of carbonyl (C=O) groups excluding carboxylic acids is 1. The van der Waals surface area contributed by atoms with Gasteiger partial charge in [0, 0.05) is 29.4 Å². The lowest BCUT2D eigenvalue weighted by molar-refractivity contribution is 0.0987. The lowest BCUT2D eigenvalue weighted by Gasteiger charge is -2.23. The van der Waals surface area contributed by atoms with Gasteiger partial charge in [0.1, 0.15) is 5.82 Å². The molecule has 1 amide bonds. The molecule has 4 aromatic carbocycles. The van der Waals surface area contributed by atoms with Crippen LogP contribution < -0.4 is 9.62 Å². The van der Waals surface area contributed by atoms with Gasteiger partial charge < -0.3 is 4.90 Å². The Labute approximate surface area is 196 Å². The molecule has 0 unspecified atom stereocenters. The number of fused-ring (bicyclic) bond motifs is 1. The smallest absolute Gasteiger partial charge is 0.258 e. The molecule has 8 heteroatoms. The fraction of sp³-hybridized carbons (Fsp3) is 0.0800. The molecule has 0 heterocycles. The van der Waals surface area contributed by atoms with Crippen LogP contribution >= 0.6 is 11.6 Å². The number of hydrogen-bond donors (Lipinski definition) is 1. The maximum atomic E-state index is 13.4. The van der Waals surface area contributed by atoms with Gasteiger partial charge in [-0.2, -0.15) is 0 Å². The van der Waals surface area contributed by atoms with Crippen molar-refractivity contribution in [1.82, 2.24) is 4.72 Å². The first-order chi connectivity index (χ1) is 15.8. The van der Waals surface area contributed by atoms with E-state index in [4.69, 9.17) is 11.6 Å². The highest BCUT2D eigenvalue weighted by molar-refractivity contribution is 7.89. The number of sulfonamides is 1. The average Bonchev–Trinajstić information content (AvgIpc) is 2.82. The number of halogens is 2. The zero-order valence-corrected chi connectivity index (χ0v) is 19.0. The summed E-state index contributed by atoms with van der Waals surface area (Å²) in [6.45, 7) is 0.00572. The Morgan fingerprint density at radius 3 is 2.24 bits per heavy atom. The average molecular weight is 483 g/mol. The lowest BCUT2D eigenvalue weighted by Crippen LogP contribution is -2.38. The van der Waals surface area contributed by atoms with Gasteiger partial charge in [0.05, 0.1) is 4.90 Å². The second-order valence-corrected chi connectivity index (χ2v) is 9.55. The van der Waals surface area contributed by atoms with E-state index in [-0.39, 0.29) is 23.9 Å². The first-order valence-corrected chi connectivity index (χ1v) is 12.0. The summed E-state index contributed by atoms with van der Waals surface area (Å²) in [6, 6.07) is 24.2. The van der Waals surface area contributed by atoms with Gasteiger partial charge in [-0.3, -0.25) is 4.79 Å². The largest absolute Gasteiger partial charge is 0.307 e. The van der Waals surface area contributed by atoms with Crippen molar-refractivity contribution in [2.75, 3.05) is 18.0 Å². The van der Waals surface area contributed by atoms with Gasteiger partial charge in [-0.05, 0) is 71.4 Å². The fourth-order valence-corrected chi connectivity index (χ4v) is 4.61. The number of nitrogens with zero attached hydrogens (tertiary/aromatic N) is 1. The molecular weight excluding hydrogens is 463 g/mol. The molecule has 0 radical (unpaired) electrons. The van der Waals surface area contributed by atoms with Crippen LogP contribution in [0.2, 0.25) is 5.02 Å². The molecule has 4 aromatic rings. The number of carbonyl (C=O) groups is 1. The normalized spacial score (nSPS) is 11.5. The third-order valence-electron chi connectivity index (χ3n) is 5.13. The van der Waals surface area contributed by atoms with Gasteiger partial charge >= 0.3 is 0 Å². The third-order valence-corrected chi connectivity index (χ3v) is 6.84. The highest BCUT2D eigenvalue weighted by Gasteiger charge is 2.20. The monoisotopic (exact) mass is 482 g/mol. The fourth-order valence-electron chi connectivity index (χ4n) is 3.43. The van der Waals surface area contributed by atoms with Crippen LogP contribution in [0.3, 0.4) is 0 Å². The molecule has 0 aromatic heterocycles. The predicted octanol–water partition coefficient (Wildman–Crippen LogP) is 5.26. The lowest BCUT2D eigenvalue weighted by atomic mass is 10.1. The Balaban J connectivity index is 1.53. The Kier molecular flexibility index (Phi) is 6.74. The number of rotatable bonds is 7. The van der Waals surface area contributed by atoms with E-state index in [0.29, 0.717) is 16.3 Å². The summed E-state index contributed by atoms with van der Waals surface area (Å²) in [5, 5.41) is 2.24. The van der Waals surface area contributed by atoms with Crippen molar-refractivity contribution >= 4 is 44.0 Å².